The summed E-state index contributed by atoms with van der Waals surface area (Å²) < 4.78 is 4.68. The average molecular weight is 367 g/mol. The quantitative estimate of drug-likeness (QED) is 0.670. The molecule has 2 aromatic rings. The lowest BCUT2D eigenvalue weighted by molar-refractivity contribution is -0.131. The van der Waals surface area contributed by atoms with E-state index in [1.165, 1.54) is 18.4 Å². The van der Waals surface area contributed by atoms with Crippen LogP contribution in [0.25, 0.3) is 0 Å². The maximum atomic E-state index is 12.6. The van der Waals surface area contributed by atoms with Gasteiger partial charge in [-0.3, -0.25) is 4.79 Å². The first-order valence-corrected chi connectivity index (χ1v) is 9.58. The van der Waals surface area contributed by atoms with Gasteiger partial charge in [0.25, 0.3) is 0 Å². The van der Waals surface area contributed by atoms with E-state index in [9.17, 15) is 9.59 Å². The lowest BCUT2D eigenvalue weighted by atomic mass is 10.1. The number of hydrogen-bond acceptors (Lipinski definition) is 6. The van der Waals surface area contributed by atoms with E-state index in [0.717, 1.165) is 16.3 Å². The highest BCUT2D eigenvalue weighted by molar-refractivity contribution is 7.10. The Hall–Kier alpha value is -1.73. The Morgan fingerprint density at radius 3 is 2.75 bits per heavy atom. The molecule has 130 valence electrons. The molecule has 0 unspecified atom stereocenters. The number of aromatic nitrogens is 1. The Morgan fingerprint density at radius 1 is 1.33 bits per heavy atom. The number of methoxy groups -OCH3 is 1. The molecule has 0 saturated carbocycles. The van der Waals surface area contributed by atoms with Gasteiger partial charge in [0, 0.05) is 16.8 Å². The second-order valence-corrected chi connectivity index (χ2v) is 7.85. The normalized spacial score (nSPS) is 10.8. The Balaban J connectivity index is 2.05. The molecule has 0 saturated heterocycles. The van der Waals surface area contributed by atoms with Crippen LogP contribution in [0.15, 0.2) is 22.9 Å². The van der Waals surface area contributed by atoms with Crippen molar-refractivity contribution in [2.24, 2.45) is 5.92 Å². The van der Waals surface area contributed by atoms with Gasteiger partial charge in [-0.2, -0.15) is 0 Å². The van der Waals surface area contributed by atoms with Crippen LogP contribution < -0.4 is 0 Å². The summed E-state index contributed by atoms with van der Waals surface area (Å²) in [6.45, 7) is 5.40. The largest absolute Gasteiger partial charge is 0.464 e. The molecule has 24 heavy (non-hydrogen) atoms. The topological polar surface area (TPSA) is 59.5 Å². The van der Waals surface area contributed by atoms with Crippen LogP contribution in [-0.2, 0) is 22.5 Å². The number of amides is 1. The highest BCUT2D eigenvalue weighted by atomic mass is 32.1. The number of carbonyl (C=O) groups is 2. The van der Waals surface area contributed by atoms with Crippen LogP contribution in [-0.4, -0.2) is 35.4 Å². The van der Waals surface area contributed by atoms with Crippen molar-refractivity contribution in [3.8, 4) is 0 Å². The molecule has 0 aromatic carbocycles. The molecular formula is C17H22N2O3S2. The molecular weight excluding hydrogens is 344 g/mol. The first-order chi connectivity index (χ1) is 11.5. The summed E-state index contributed by atoms with van der Waals surface area (Å²) in [4.78, 5) is 31.3. The summed E-state index contributed by atoms with van der Waals surface area (Å²) in [7, 11) is 1.33. The van der Waals surface area contributed by atoms with Crippen molar-refractivity contribution < 1.29 is 14.3 Å². The summed E-state index contributed by atoms with van der Waals surface area (Å²) in [5.74, 6) is 0.160. The number of thiazole rings is 1. The standard InChI is InChI=1S/C17H22N2O3S2/c1-12(2)6-7-19(16(20)9-13-5-4-8-23-13)10-15-18-14(11-24-15)17(21)22-3/h4-5,8,11-12H,6-7,9-10H2,1-3H3. The third-order valence-corrected chi connectivity index (χ3v) is 5.22. The highest BCUT2D eigenvalue weighted by Crippen LogP contribution is 2.17. The molecule has 7 heteroatoms. The van der Waals surface area contributed by atoms with Crippen molar-refractivity contribution in [2.45, 2.75) is 33.2 Å². The zero-order valence-electron chi connectivity index (χ0n) is 14.2. The number of nitrogens with zero attached hydrogens (tertiary/aromatic N) is 2. The lowest BCUT2D eigenvalue weighted by Gasteiger charge is -2.22. The number of esters is 1. The van der Waals surface area contributed by atoms with Gasteiger partial charge in [-0.1, -0.05) is 19.9 Å². The summed E-state index contributed by atoms with van der Waals surface area (Å²) in [6.07, 6.45) is 1.34. The van der Waals surface area contributed by atoms with Gasteiger partial charge in [0.2, 0.25) is 5.91 Å². The Morgan fingerprint density at radius 2 is 2.12 bits per heavy atom. The van der Waals surface area contributed by atoms with E-state index in [1.54, 1.807) is 16.7 Å². The van der Waals surface area contributed by atoms with Crippen LogP contribution in [0.1, 0.15) is 40.6 Å². The van der Waals surface area contributed by atoms with Crippen LogP contribution in [0.2, 0.25) is 0 Å². The molecule has 2 rings (SSSR count). The number of ether oxygens (including phenoxy) is 1. The minimum absolute atomic E-state index is 0.0907. The van der Waals surface area contributed by atoms with Gasteiger partial charge < -0.3 is 9.64 Å². The van der Waals surface area contributed by atoms with Crippen molar-refractivity contribution in [3.63, 3.8) is 0 Å². The number of carbonyl (C=O) groups excluding carboxylic acids is 2. The van der Waals surface area contributed by atoms with Gasteiger partial charge in [-0.15, -0.1) is 22.7 Å². The predicted molar refractivity (Wildman–Crippen MR) is 96.3 cm³/mol. The molecule has 0 bridgehead atoms. The van der Waals surface area contributed by atoms with E-state index >= 15 is 0 Å². The van der Waals surface area contributed by atoms with Crippen LogP contribution >= 0.6 is 22.7 Å². The fourth-order valence-electron chi connectivity index (χ4n) is 2.13. The van der Waals surface area contributed by atoms with Crippen LogP contribution in [0.5, 0.6) is 0 Å². The minimum atomic E-state index is -0.448. The Labute approximate surface area is 150 Å². The predicted octanol–water partition coefficient (Wildman–Crippen LogP) is 3.61. The molecule has 0 aliphatic heterocycles. The summed E-state index contributed by atoms with van der Waals surface area (Å²) in [5.41, 5.74) is 0.298. The maximum Gasteiger partial charge on any atom is 0.357 e. The molecule has 0 fully saturated rings. The number of hydrogen-bond donors (Lipinski definition) is 0. The summed E-state index contributed by atoms with van der Waals surface area (Å²) >= 11 is 2.97. The van der Waals surface area contributed by atoms with E-state index in [-0.39, 0.29) is 5.91 Å². The Kier molecular flexibility index (Phi) is 6.93. The zero-order chi connectivity index (χ0) is 17.5. The molecule has 0 N–H and O–H groups in total. The van der Waals surface area contributed by atoms with Crippen molar-refractivity contribution in [1.29, 1.82) is 0 Å². The molecule has 0 radical (unpaired) electrons. The SMILES string of the molecule is COC(=O)c1csc(CN(CCC(C)C)C(=O)Cc2cccs2)n1. The second kappa shape index (κ2) is 8.94. The van der Waals surface area contributed by atoms with E-state index in [2.05, 4.69) is 23.6 Å². The van der Waals surface area contributed by atoms with Crippen molar-refractivity contribution in [2.75, 3.05) is 13.7 Å². The van der Waals surface area contributed by atoms with Gasteiger partial charge in [0.1, 0.15) is 5.01 Å². The van der Waals surface area contributed by atoms with Gasteiger partial charge in [-0.25, -0.2) is 9.78 Å². The van der Waals surface area contributed by atoms with Crippen LogP contribution in [0, 0.1) is 5.92 Å². The van der Waals surface area contributed by atoms with Gasteiger partial charge >= 0.3 is 5.97 Å². The first-order valence-electron chi connectivity index (χ1n) is 7.82. The fourth-order valence-corrected chi connectivity index (χ4v) is 3.60. The lowest BCUT2D eigenvalue weighted by Crippen LogP contribution is -2.33. The van der Waals surface area contributed by atoms with Crippen molar-refractivity contribution in [3.05, 3.63) is 38.5 Å². The molecule has 0 atom stereocenters. The van der Waals surface area contributed by atoms with Crippen LogP contribution in [0.4, 0.5) is 0 Å². The van der Waals surface area contributed by atoms with Gasteiger partial charge in [-0.05, 0) is 23.8 Å². The molecule has 2 heterocycles. The van der Waals surface area contributed by atoms with E-state index in [1.807, 2.05) is 22.4 Å². The first kappa shape index (κ1) is 18.6. The van der Waals surface area contributed by atoms with Gasteiger partial charge in [0.15, 0.2) is 5.69 Å². The maximum absolute atomic E-state index is 12.6. The summed E-state index contributed by atoms with van der Waals surface area (Å²) in [6, 6.07) is 3.93. The Bertz CT molecular complexity index is 665. The molecule has 0 aliphatic rings. The van der Waals surface area contributed by atoms with E-state index in [0.29, 0.717) is 31.1 Å². The zero-order valence-corrected chi connectivity index (χ0v) is 15.8. The minimum Gasteiger partial charge on any atom is -0.464 e. The fraction of sp³-hybridized carbons (Fsp3) is 0.471. The molecule has 2 aromatic heterocycles. The third kappa shape index (κ3) is 5.42. The number of thiophene rings is 1. The van der Waals surface area contributed by atoms with Crippen molar-refractivity contribution in [1.82, 2.24) is 9.88 Å². The third-order valence-electron chi connectivity index (χ3n) is 3.51. The van der Waals surface area contributed by atoms with Crippen LogP contribution in [0.3, 0.4) is 0 Å². The monoisotopic (exact) mass is 366 g/mol. The second-order valence-electron chi connectivity index (χ2n) is 5.87. The number of rotatable bonds is 8. The van der Waals surface area contributed by atoms with Gasteiger partial charge in [0.05, 0.1) is 20.1 Å². The average Bonchev–Trinajstić information content (AvgIpc) is 3.22. The summed E-state index contributed by atoms with van der Waals surface area (Å²) in [5, 5.41) is 4.40. The molecule has 5 nitrogen and oxygen atoms in total. The molecule has 0 spiro atoms. The van der Waals surface area contributed by atoms with E-state index in [4.69, 9.17) is 0 Å². The van der Waals surface area contributed by atoms with E-state index < -0.39 is 5.97 Å². The van der Waals surface area contributed by atoms with Crippen molar-refractivity contribution >= 4 is 34.6 Å². The molecule has 0 aliphatic carbocycles. The molecule has 1 amide bonds. The smallest absolute Gasteiger partial charge is 0.357 e. The highest BCUT2D eigenvalue weighted by Gasteiger charge is 2.18.